The zero-order valence-corrected chi connectivity index (χ0v) is 15.6. The van der Waals surface area contributed by atoms with Crippen LogP contribution in [0.25, 0.3) is 5.65 Å². The van der Waals surface area contributed by atoms with Crippen molar-refractivity contribution in [2.75, 3.05) is 19.6 Å². The van der Waals surface area contributed by atoms with Crippen LogP contribution in [0.1, 0.15) is 30.7 Å². The number of hydrogen-bond donors (Lipinski definition) is 1. The number of rotatable bonds is 3. The van der Waals surface area contributed by atoms with Gasteiger partial charge in [0.15, 0.2) is 0 Å². The van der Waals surface area contributed by atoms with Gasteiger partial charge in [-0.3, -0.25) is 9.30 Å². The summed E-state index contributed by atoms with van der Waals surface area (Å²) in [7, 11) is 0. The van der Waals surface area contributed by atoms with E-state index in [-0.39, 0.29) is 37.2 Å². The maximum absolute atomic E-state index is 4.50. The number of nitrogens with zero attached hydrogens (tertiary/aromatic N) is 3. The van der Waals surface area contributed by atoms with Crippen LogP contribution in [-0.4, -0.2) is 33.9 Å². The Morgan fingerprint density at radius 2 is 1.78 bits per heavy atom. The predicted octanol–water partition coefficient (Wildman–Crippen LogP) is 3.31. The third-order valence-corrected chi connectivity index (χ3v) is 4.77. The third-order valence-electron chi connectivity index (χ3n) is 4.77. The fourth-order valence-corrected chi connectivity index (χ4v) is 3.61. The molecular weight excluding hydrogens is 355 g/mol. The largest absolute Gasteiger partial charge is 0.317 e. The quantitative estimate of drug-likeness (QED) is 0.888. The van der Waals surface area contributed by atoms with Gasteiger partial charge < -0.3 is 5.32 Å². The molecule has 0 radical (unpaired) electrons. The summed E-state index contributed by atoms with van der Waals surface area (Å²) < 4.78 is 2.32. The van der Waals surface area contributed by atoms with Crippen LogP contribution in [0.5, 0.6) is 0 Å². The van der Waals surface area contributed by atoms with Crippen molar-refractivity contribution in [2.24, 2.45) is 5.92 Å². The Labute approximate surface area is 156 Å². The Morgan fingerprint density at radius 3 is 2.57 bits per heavy atom. The van der Waals surface area contributed by atoms with Gasteiger partial charge in [0.25, 0.3) is 0 Å². The molecule has 1 N–H and O–H groups in total. The summed E-state index contributed by atoms with van der Waals surface area (Å²) in [6.45, 7) is 5.73. The summed E-state index contributed by atoms with van der Waals surface area (Å²) in [5.41, 5.74) is 3.81. The van der Waals surface area contributed by atoms with Gasteiger partial charge in [0, 0.05) is 18.8 Å². The number of piperidine rings is 1. The Kier molecular flexibility index (Phi) is 8.11. The van der Waals surface area contributed by atoms with Crippen molar-refractivity contribution in [1.82, 2.24) is 19.6 Å². The average Bonchev–Trinajstić information content (AvgIpc) is 2.91. The van der Waals surface area contributed by atoms with Gasteiger partial charge in [-0.1, -0.05) is 6.07 Å². The van der Waals surface area contributed by atoms with E-state index in [4.69, 9.17) is 0 Å². The predicted molar refractivity (Wildman–Crippen MR) is 101 cm³/mol. The topological polar surface area (TPSA) is 32.6 Å². The van der Waals surface area contributed by atoms with Crippen LogP contribution in [0.15, 0.2) is 24.4 Å². The van der Waals surface area contributed by atoms with E-state index >= 15 is 0 Å². The SMILES string of the molecule is Cl.Cl.Cl.c1cc2n3c(cnc3c1)CN(CCC1CCNCC1)C2. The number of hydrogen-bond acceptors (Lipinski definition) is 3. The molecule has 7 heteroatoms. The maximum Gasteiger partial charge on any atom is 0.137 e. The first-order chi connectivity index (χ1) is 9.90. The normalized spacial score (nSPS) is 17.9. The van der Waals surface area contributed by atoms with E-state index in [9.17, 15) is 0 Å². The Balaban J connectivity index is 0.000000882. The maximum atomic E-state index is 4.50. The lowest BCUT2D eigenvalue weighted by molar-refractivity contribution is 0.205. The molecule has 0 amide bonds. The second kappa shape index (κ2) is 9.09. The summed E-state index contributed by atoms with van der Waals surface area (Å²) in [5, 5.41) is 3.45. The van der Waals surface area contributed by atoms with Crippen LogP contribution < -0.4 is 5.32 Å². The number of nitrogens with one attached hydrogen (secondary N) is 1. The molecule has 0 spiro atoms. The van der Waals surface area contributed by atoms with Crippen molar-refractivity contribution in [3.8, 4) is 0 Å². The fraction of sp³-hybridized carbons (Fsp3) is 0.562. The van der Waals surface area contributed by atoms with Crippen LogP contribution in [0, 0.1) is 5.92 Å². The van der Waals surface area contributed by atoms with Crippen molar-refractivity contribution in [3.63, 3.8) is 0 Å². The average molecular weight is 380 g/mol. The second-order valence-corrected chi connectivity index (χ2v) is 6.15. The lowest BCUT2D eigenvalue weighted by Crippen LogP contribution is -2.33. The summed E-state index contributed by atoms with van der Waals surface area (Å²) in [4.78, 5) is 7.08. The van der Waals surface area contributed by atoms with E-state index in [1.807, 2.05) is 6.20 Å². The molecule has 1 saturated heterocycles. The molecule has 2 aromatic heterocycles. The lowest BCUT2D eigenvalue weighted by atomic mass is 9.94. The summed E-state index contributed by atoms with van der Waals surface area (Å²) in [6.07, 6.45) is 6.07. The molecule has 130 valence electrons. The highest BCUT2D eigenvalue weighted by atomic mass is 35.5. The fourth-order valence-electron chi connectivity index (χ4n) is 3.61. The number of pyridine rings is 1. The van der Waals surface area contributed by atoms with E-state index in [1.165, 1.54) is 50.3 Å². The molecule has 4 heterocycles. The standard InChI is InChI=1S/C16H22N4.3ClH/c1-2-14-11-19(9-6-13-4-7-17-8-5-13)12-15-10-18-16(3-1)20(14)15;;;/h1-3,10,13,17H,4-9,11-12H2;3*1H. The summed E-state index contributed by atoms with van der Waals surface area (Å²) in [5.74, 6) is 0.916. The smallest absolute Gasteiger partial charge is 0.137 e. The number of halogens is 3. The van der Waals surface area contributed by atoms with Gasteiger partial charge in [-0.2, -0.15) is 0 Å². The Bertz CT molecular complexity index is 610. The van der Waals surface area contributed by atoms with Crippen LogP contribution in [0.2, 0.25) is 0 Å². The minimum Gasteiger partial charge on any atom is -0.317 e. The molecule has 0 saturated carbocycles. The molecule has 1 fully saturated rings. The Hall–Kier alpha value is -0.520. The highest BCUT2D eigenvalue weighted by Crippen LogP contribution is 2.22. The van der Waals surface area contributed by atoms with Gasteiger partial charge in [0.2, 0.25) is 0 Å². The molecule has 0 unspecified atom stereocenters. The van der Waals surface area contributed by atoms with Crippen LogP contribution in [-0.2, 0) is 13.1 Å². The summed E-state index contributed by atoms with van der Waals surface area (Å²) in [6, 6.07) is 6.45. The monoisotopic (exact) mass is 378 g/mol. The molecule has 0 atom stereocenters. The van der Waals surface area contributed by atoms with Gasteiger partial charge in [0.1, 0.15) is 5.65 Å². The zero-order chi connectivity index (χ0) is 13.4. The zero-order valence-electron chi connectivity index (χ0n) is 13.1. The molecular formula is C16H25Cl3N4. The first-order valence-corrected chi connectivity index (χ1v) is 7.77. The van der Waals surface area contributed by atoms with Crippen molar-refractivity contribution in [2.45, 2.75) is 32.4 Å². The molecule has 2 aromatic rings. The van der Waals surface area contributed by atoms with Gasteiger partial charge >= 0.3 is 0 Å². The lowest BCUT2D eigenvalue weighted by Gasteiger charge is -2.30. The Morgan fingerprint density at radius 1 is 1.04 bits per heavy atom. The minimum absolute atomic E-state index is 0. The van der Waals surface area contributed by atoms with Gasteiger partial charge in [-0.25, -0.2) is 4.98 Å². The molecule has 0 bridgehead atoms. The van der Waals surface area contributed by atoms with Crippen molar-refractivity contribution in [3.05, 3.63) is 35.8 Å². The van der Waals surface area contributed by atoms with Crippen molar-refractivity contribution in [1.29, 1.82) is 0 Å². The molecule has 0 aromatic carbocycles. The van der Waals surface area contributed by atoms with E-state index < -0.39 is 0 Å². The number of imidazole rings is 1. The first-order valence-electron chi connectivity index (χ1n) is 7.77. The molecule has 0 aliphatic carbocycles. The van der Waals surface area contributed by atoms with Crippen molar-refractivity contribution >= 4 is 42.9 Å². The van der Waals surface area contributed by atoms with E-state index in [0.717, 1.165) is 24.7 Å². The first kappa shape index (κ1) is 20.5. The van der Waals surface area contributed by atoms with Gasteiger partial charge in [-0.05, 0) is 56.9 Å². The van der Waals surface area contributed by atoms with Gasteiger partial charge in [0.05, 0.1) is 11.9 Å². The minimum atomic E-state index is 0. The van der Waals surface area contributed by atoms with Crippen LogP contribution >= 0.6 is 37.2 Å². The van der Waals surface area contributed by atoms with Crippen molar-refractivity contribution < 1.29 is 0 Å². The van der Waals surface area contributed by atoms with E-state index in [2.05, 4.69) is 37.8 Å². The summed E-state index contributed by atoms with van der Waals surface area (Å²) >= 11 is 0. The van der Waals surface area contributed by atoms with E-state index in [0.29, 0.717) is 0 Å². The molecule has 2 aliphatic rings. The highest BCUT2D eigenvalue weighted by molar-refractivity contribution is 5.86. The number of aromatic nitrogens is 2. The van der Waals surface area contributed by atoms with E-state index in [1.54, 1.807) is 0 Å². The molecule has 2 aliphatic heterocycles. The van der Waals surface area contributed by atoms with Crippen LogP contribution in [0.4, 0.5) is 0 Å². The molecule has 23 heavy (non-hydrogen) atoms. The molecule has 4 nitrogen and oxygen atoms in total. The third kappa shape index (κ3) is 4.31. The second-order valence-electron chi connectivity index (χ2n) is 6.15. The van der Waals surface area contributed by atoms with Gasteiger partial charge in [-0.15, -0.1) is 37.2 Å². The highest BCUT2D eigenvalue weighted by Gasteiger charge is 2.20. The molecule has 4 rings (SSSR count). The van der Waals surface area contributed by atoms with Crippen LogP contribution in [0.3, 0.4) is 0 Å².